The number of anilines is 1. The van der Waals surface area contributed by atoms with E-state index in [1.54, 1.807) is 18.2 Å². The summed E-state index contributed by atoms with van der Waals surface area (Å²) in [7, 11) is -3.25. The molecule has 1 aliphatic rings. The topological polar surface area (TPSA) is 86.7 Å². The van der Waals surface area contributed by atoms with Crippen LogP contribution < -0.4 is 10.2 Å². The van der Waals surface area contributed by atoms with Crippen molar-refractivity contribution in [1.29, 1.82) is 0 Å². The van der Waals surface area contributed by atoms with Crippen molar-refractivity contribution < 1.29 is 18.3 Å². The molecule has 1 atom stereocenters. The Labute approximate surface area is 112 Å². The lowest BCUT2D eigenvalue weighted by molar-refractivity contribution is -0.139. The Morgan fingerprint density at radius 1 is 1.47 bits per heavy atom. The number of piperazine rings is 1. The molecular formula is C12H16N2O4S. The normalized spacial score (nSPS) is 20.3. The Bertz CT molecular complexity index is 585. The van der Waals surface area contributed by atoms with Crippen molar-refractivity contribution in [3.63, 3.8) is 0 Å². The smallest absolute Gasteiger partial charge is 0.322 e. The second kappa shape index (κ2) is 5.18. The van der Waals surface area contributed by atoms with Crippen molar-refractivity contribution in [3.8, 4) is 0 Å². The first kappa shape index (κ1) is 13.8. The van der Waals surface area contributed by atoms with Crippen LogP contribution in [0.5, 0.6) is 0 Å². The van der Waals surface area contributed by atoms with Gasteiger partial charge in [0.1, 0.15) is 6.04 Å². The van der Waals surface area contributed by atoms with Crippen molar-refractivity contribution in [3.05, 3.63) is 24.3 Å². The van der Waals surface area contributed by atoms with Gasteiger partial charge in [0.15, 0.2) is 9.84 Å². The number of hydrogen-bond donors (Lipinski definition) is 2. The lowest BCUT2D eigenvalue weighted by atomic mass is 10.2. The lowest BCUT2D eigenvalue weighted by Gasteiger charge is -2.33. The van der Waals surface area contributed by atoms with Crippen LogP contribution in [0, 0.1) is 0 Å². The van der Waals surface area contributed by atoms with Gasteiger partial charge in [-0.1, -0.05) is 6.07 Å². The highest BCUT2D eigenvalue weighted by Gasteiger charge is 2.25. The Morgan fingerprint density at radius 2 is 2.21 bits per heavy atom. The number of rotatable bonds is 3. The third kappa shape index (κ3) is 3.24. The van der Waals surface area contributed by atoms with Crippen molar-refractivity contribution in [1.82, 2.24) is 5.32 Å². The van der Waals surface area contributed by atoms with Gasteiger partial charge >= 0.3 is 5.97 Å². The van der Waals surface area contributed by atoms with Crippen LogP contribution in [0.1, 0.15) is 0 Å². The minimum Gasteiger partial charge on any atom is -0.480 e. The predicted octanol–water partition coefficient (Wildman–Crippen LogP) is -0.0471. The van der Waals surface area contributed by atoms with E-state index in [4.69, 9.17) is 5.11 Å². The van der Waals surface area contributed by atoms with Crippen LogP contribution in [0.25, 0.3) is 0 Å². The predicted molar refractivity (Wildman–Crippen MR) is 71.2 cm³/mol. The van der Waals surface area contributed by atoms with Crippen molar-refractivity contribution >= 4 is 21.5 Å². The molecule has 0 bridgehead atoms. The molecular weight excluding hydrogens is 268 g/mol. The highest BCUT2D eigenvalue weighted by molar-refractivity contribution is 7.90. The van der Waals surface area contributed by atoms with Gasteiger partial charge in [-0.3, -0.25) is 4.79 Å². The fourth-order valence-electron chi connectivity index (χ4n) is 2.06. The summed E-state index contributed by atoms with van der Waals surface area (Å²) in [6.45, 7) is 1.53. The van der Waals surface area contributed by atoms with Gasteiger partial charge in [0.25, 0.3) is 0 Å². The van der Waals surface area contributed by atoms with Crippen LogP contribution >= 0.6 is 0 Å². The number of aliphatic carboxylic acids is 1. The van der Waals surface area contributed by atoms with Crippen LogP contribution in [0.2, 0.25) is 0 Å². The average Bonchev–Trinajstić information content (AvgIpc) is 2.38. The van der Waals surface area contributed by atoms with Gasteiger partial charge in [0, 0.05) is 31.6 Å². The SMILES string of the molecule is CS(=O)(=O)c1cccc(N2CCN[C@H](C(=O)O)C2)c1. The van der Waals surface area contributed by atoms with E-state index in [1.165, 1.54) is 6.07 Å². The second-order valence-corrected chi connectivity index (χ2v) is 6.58. The van der Waals surface area contributed by atoms with E-state index < -0.39 is 21.8 Å². The van der Waals surface area contributed by atoms with E-state index >= 15 is 0 Å². The Hall–Kier alpha value is -1.60. The molecule has 1 fully saturated rings. The summed E-state index contributed by atoms with van der Waals surface area (Å²) >= 11 is 0. The van der Waals surface area contributed by atoms with Gasteiger partial charge in [-0.15, -0.1) is 0 Å². The summed E-state index contributed by atoms with van der Waals surface area (Å²) in [5.41, 5.74) is 0.732. The summed E-state index contributed by atoms with van der Waals surface area (Å²) < 4.78 is 23.0. The molecule has 0 spiro atoms. The number of nitrogens with zero attached hydrogens (tertiary/aromatic N) is 1. The van der Waals surface area contributed by atoms with E-state index in [9.17, 15) is 13.2 Å². The molecule has 0 unspecified atom stereocenters. The minimum absolute atomic E-state index is 0.246. The molecule has 1 aliphatic heterocycles. The van der Waals surface area contributed by atoms with Crippen LogP contribution in [-0.4, -0.2) is 51.4 Å². The number of carboxylic acids is 1. The monoisotopic (exact) mass is 284 g/mol. The molecule has 1 heterocycles. The van der Waals surface area contributed by atoms with Gasteiger partial charge < -0.3 is 15.3 Å². The number of nitrogens with one attached hydrogen (secondary N) is 1. The molecule has 0 radical (unpaired) electrons. The zero-order chi connectivity index (χ0) is 14.0. The zero-order valence-electron chi connectivity index (χ0n) is 10.5. The highest BCUT2D eigenvalue weighted by Crippen LogP contribution is 2.20. The molecule has 1 aromatic carbocycles. The third-order valence-corrected chi connectivity index (χ3v) is 4.19. The molecule has 7 heteroatoms. The molecule has 2 rings (SSSR count). The minimum atomic E-state index is -3.25. The molecule has 0 amide bonds. The molecule has 2 N–H and O–H groups in total. The third-order valence-electron chi connectivity index (χ3n) is 3.08. The van der Waals surface area contributed by atoms with Crippen LogP contribution in [0.4, 0.5) is 5.69 Å². The Kier molecular flexibility index (Phi) is 3.77. The number of hydrogen-bond acceptors (Lipinski definition) is 5. The van der Waals surface area contributed by atoms with Crippen molar-refractivity contribution in [2.75, 3.05) is 30.8 Å². The lowest BCUT2D eigenvalue weighted by Crippen LogP contribution is -2.54. The fraction of sp³-hybridized carbons (Fsp3) is 0.417. The number of carbonyl (C=O) groups is 1. The molecule has 0 aliphatic carbocycles. The second-order valence-electron chi connectivity index (χ2n) is 4.56. The summed E-state index contributed by atoms with van der Waals surface area (Å²) in [4.78, 5) is 13.1. The number of benzene rings is 1. The summed E-state index contributed by atoms with van der Waals surface area (Å²) in [5, 5.41) is 11.9. The van der Waals surface area contributed by atoms with Crippen molar-refractivity contribution in [2.24, 2.45) is 0 Å². The van der Waals surface area contributed by atoms with Gasteiger partial charge in [-0.2, -0.15) is 0 Å². The summed E-state index contributed by atoms with van der Waals surface area (Å²) in [5.74, 6) is -0.899. The molecule has 1 saturated heterocycles. The van der Waals surface area contributed by atoms with E-state index in [0.717, 1.165) is 11.9 Å². The number of sulfone groups is 1. The maximum atomic E-state index is 11.5. The van der Waals surface area contributed by atoms with Gasteiger partial charge in [-0.05, 0) is 18.2 Å². The van der Waals surface area contributed by atoms with Crippen LogP contribution in [-0.2, 0) is 14.6 Å². The zero-order valence-corrected chi connectivity index (χ0v) is 11.4. The van der Waals surface area contributed by atoms with Gasteiger partial charge in [0.2, 0.25) is 0 Å². The first-order valence-corrected chi connectivity index (χ1v) is 7.78. The maximum Gasteiger partial charge on any atom is 0.322 e. The molecule has 19 heavy (non-hydrogen) atoms. The Balaban J connectivity index is 2.24. The summed E-state index contributed by atoms with van der Waals surface area (Å²) in [6.07, 6.45) is 1.16. The molecule has 6 nitrogen and oxygen atoms in total. The largest absolute Gasteiger partial charge is 0.480 e. The average molecular weight is 284 g/mol. The highest BCUT2D eigenvalue weighted by atomic mass is 32.2. The van der Waals surface area contributed by atoms with Gasteiger partial charge in [0.05, 0.1) is 4.90 Å². The molecule has 0 saturated carbocycles. The molecule has 0 aromatic heterocycles. The van der Waals surface area contributed by atoms with Crippen LogP contribution in [0.3, 0.4) is 0 Å². The fourth-order valence-corrected chi connectivity index (χ4v) is 2.72. The van der Waals surface area contributed by atoms with Gasteiger partial charge in [-0.25, -0.2) is 8.42 Å². The van der Waals surface area contributed by atoms with E-state index in [-0.39, 0.29) is 4.90 Å². The number of carboxylic acid groups (broad SMARTS) is 1. The standard InChI is InChI=1S/C12H16N2O4S/c1-19(17,18)10-4-2-3-9(7-10)14-6-5-13-11(8-14)12(15)16/h2-4,7,11,13H,5-6,8H2,1H3,(H,15,16)/t11-/m0/s1. The first-order valence-electron chi connectivity index (χ1n) is 5.89. The van der Waals surface area contributed by atoms with Crippen LogP contribution in [0.15, 0.2) is 29.2 Å². The maximum absolute atomic E-state index is 11.5. The van der Waals surface area contributed by atoms with E-state index in [0.29, 0.717) is 19.6 Å². The Morgan fingerprint density at radius 3 is 2.84 bits per heavy atom. The quantitative estimate of drug-likeness (QED) is 0.809. The molecule has 104 valence electrons. The molecule has 1 aromatic rings. The summed E-state index contributed by atoms with van der Waals surface area (Å²) in [6, 6.07) is 5.95. The first-order chi connectivity index (χ1) is 8.88. The van der Waals surface area contributed by atoms with Crippen molar-refractivity contribution in [2.45, 2.75) is 10.9 Å². The van der Waals surface area contributed by atoms with E-state index in [1.807, 2.05) is 4.90 Å². The van der Waals surface area contributed by atoms with E-state index in [2.05, 4.69) is 5.32 Å².